The smallest absolute Gasteiger partial charge is 0.164 e. The SMILES string of the molecule is c1ccc(-c2ccc(-c3nc(-c4ccccc4)nc(-c4cccc(-c5ccc(-c6ccccc6)c6c5oc5cccc(-c7ccccc7)c56)c4)n3)cc2)cc1. The summed E-state index contributed by atoms with van der Waals surface area (Å²) >= 11 is 0. The van der Waals surface area contributed by atoms with Crippen molar-refractivity contribution in [2.24, 2.45) is 0 Å². The lowest BCUT2D eigenvalue weighted by atomic mass is 9.91. The van der Waals surface area contributed by atoms with E-state index in [2.05, 4.69) is 164 Å². The second-order valence-corrected chi connectivity index (χ2v) is 13.6. The molecule has 55 heavy (non-hydrogen) atoms. The number of hydrogen-bond acceptors (Lipinski definition) is 4. The summed E-state index contributed by atoms with van der Waals surface area (Å²) in [5.74, 6) is 1.85. The Hall–Kier alpha value is -7.43. The minimum Gasteiger partial charge on any atom is -0.455 e. The summed E-state index contributed by atoms with van der Waals surface area (Å²) in [6.07, 6.45) is 0. The van der Waals surface area contributed by atoms with Gasteiger partial charge in [0.25, 0.3) is 0 Å². The third-order valence-corrected chi connectivity index (χ3v) is 10.2. The Morgan fingerprint density at radius 2 is 0.691 bits per heavy atom. The predicted molar refractivity (Wildman–Crippen MR) is 225 cm³/mol. The molecule has 4 heteroatoms. The van der Waals surface area contributed by atoms with Gasteiger partial charge in [-0.1, -0.05) is 182 Å². The van der Waals surface area contributed by atoms with E-state index >= 15 is 0 Å². The molecule has 0 aliphatic heterocycles. The van der Waals surface area contributed by atoms with E-state index in [0.29, 0.717) is 17.5 Å². The van der Waals surface area contributed by atoms with Crippen molar-refractivity contribution in [2.75, 3.05) is 0 Å². The van der Waals surface area contributed by atoms with Crippen LogP contribution in [0.15, 0.2) is 205 Å². The molecule has 0 amide bonds. The van der Waals surface area contributed by atoms with Gasteiger partial charge >= 0.3 is 0 Å². The highest BCUT2D eigenvalue weighted by molar-refractivity contribution is 6.20. The minimum atomic E-state index is 0.603. The third kappa shape index (κ3) is 6.06. The van der Waals surface area contributed by atoms with Gasteiger partial charge in [0.05, 0.1) is 0 Å². The molecule has 0 radical (unpaired) electrons. The Kier molecular flexibility index (Phi) is 8.12. The number of benzene rings is 8. The van der Waals surface area contributed by atoms with Crippen LogP contribution in [0.1, 0.15) is 0 Å². The Morgan fingerprint density at radius 1 is 0.273 bits per heavy atom. The largest absolute Gasteiger partial charge is 0.455 e. The van der Waals surface area contributed by atoms with E-state index in [9.17, 15) is 0 Å². The molecule has 10 aromatic rings. The van der Waals surface area contributed by atoms with E-state index in [0.717, 1.165) is 77.6 Å². The number of rotatable bonds is 7. The summed E-state index contributed by atoms with van der Waals surface area (Å²) in [6, 6.07) is 69.2. The van der Waals surface area contributed by atoms with Gasteiger partial charge in [0.1, 0.15) is 11.2 Å². The standard InChI is InChI=1S/C51H33N3O/c1-5-15-34(16-6-1)35-27-29-39(30-28-35)50-52-49(38-21-11-4-12-22-38)53-51(54-50)41-24-13-23-40(33-41)44-32-31-43(37-19-9-3-10-20-37)47-46-42(36-17-7-2-8-18-36)25-14-26-45(46)55-48(44)47/h1-33H. The second-order valence-electron chi connectivity index (χ2n) is 13.6. The first kappa shape index (κ1) is 32.2. The molecule has 2 aromatic heterocycles. The van der Waals surface area contributed by atoms with Gasteiger partial charge in [0, 0.05) is 33.0 Å². The number of nitrogens with zero attached hydrogens (tertiary/aromatic N) is 3. The molecule has 0 aliphatic carbocycles. The first-order valence-electron chi connectivity index (χ1n) is 18.4. The third-order valence-electron chi connectivity index (χ3n) is 10.2. The van der Waals surface area contributed by atoms with Crippen molar-refractivity contribution in [1.82, 2.24) is 15.0 Å². The molecule has 0 fully saturated rings. The fourth-order valence-corrected chi connectivity index (χ4v) is 7.48. The quantitative estimate of drug-likeness (QED) is 0.166. The van der Waals surface area contributed by atoms with Crippen molar-refractivity contribution in [3.05, 3.63) is 200 Å². The Labute approximate surface area is 319 Å². The van der Waals surface area contributed by atoms with E-state index < -0.39 is 0 Å². The number of aromatic nitrogens is 3. The molecule has 0 saturated heterocycles. The molecule has 0 aliphatic rings. The molecule has 8 aromatic carbocycles. The zero-order chi connectivity index (χ0) is 36.6. The fraction of sp³-hybridized carbons (Fsp3) is 0. The molecule has 0 atom stereocenters. The molecular formula is C51H33N3O. The minimum absolute atomic E-state index is 0.603. The maximum absolute atomic E-state index is 6.86. The summed E-state index contributed by atoms with van der Waals surface area (Å²) in [7, 11) is 0. The van der Waals surface area contributed by atoms with Gasteiger partial charge in [0.2, 0.25) is 0 Å². The highest BCUT2D eigenvalue weighted by atomic mass is 16.3. The van der Waals surface area contributed by atoms with Crippen LogP contribution in [0.5, 0.6) is 0 Å². The van der Waals surface area contributed by atoms with Crippen LogP contribution in [-0.4, -0.2) is 15.0 Å². The summed E-state index contributed by atoms with van der Waals surface area (Å²) < 4.78 is 6.86. The highest BCUT2D eigenvalue weighted by Crippen LogP contribution is 2.45. The van der Waals surface area contributed by atoms with Gasteiger partial charge < -0.3 is 4.42 Å². The molecule has 4 nitrogen and oxygen atoms in total. The summed E-state index contributed by atoms with van der Waals surface area (Å²) in [5.41, 5.74) is 13.3. The molecule has 0 N–H and O–H groups in total. The summed E-state index contributed by atoms with van der Waals surface area (Å²) in [5, 5.41) is 2.20. The average molecular weight is 704 g/mol. The lowest BCUT2D eigenvalue weighted by Crippen LogP contribution is -2.00. The zero-order valence-corrected chi connectivity index (χ0v) is 29.8. The van der Waals surface area contributed by atoms with Gasteiger partial charge in [-0.05, 0) is 57.1 Å². The van der Waals surface area contributed by atoms with Crippen molar-refractivity contribution < 1.29 is 4.42 Å². The maximum atomic E-state index is 6.86. The molecule has 0 spiro atoms. The Balaban J connectivity index is 1.14. The van der Waals surface area contributed by atoms with E-state index in [1.54, 1.807) is 0 Å². The lowest BCUT2D eigenvalue weighted by molar-refractivity contribution is 0.670. The van der Waals surface area contributed by atoms with Crippen molar-refractivity contribution in [2.45, 2.75) is 0 Å². The molecule has 2 heterocycles. The fourth-order valence-electron chi connectivity index (χ4n) is 7.48. The van der Waals surface area contributed by atoms with Crippen LogP contribution < -0.4 is 0 Å². The van der Waals surface area contributed by atoms with Crippen LogP contribution in [0.4, 0.5) is 0 Å². The Bertz CT molecular complexity index is 2940. The first-order chi connectivity index (χ1) is 27.3. The lowest BCUT2D eigenvalue weighted by Gasteiger charge is -2.12. The monoisotopic (exact) mass is 703 g/mol. The van der Waals surface area contributed by atoms with Gasteiger partial charge in [0.15, 0.2) is 17.5 Å². The van der Waals surface area contributed by atoms with Gasteiger partial charge in [-0.15, -0.1) is 0 Å². The maximum Gasteiger partial charge on any atom is 0.164 e. The van der Waals surface area contributed by atoms with E-state index in [1.165, 1.54) is 5.56 Å². The topological polar surface area (TPSA) is 51.8 Å². The molecule has 0 unspecified atom stereocenters. The normalized spacial score (nSPS) is 11.3. The van der Waals surface area contributed by atoms with Crippen LogP contribution >= 0.6 is 0 Å². The van der Waals surface area contributed by atoms with Gasteiger partial charge in [-0.3, -0.25) is 0 Å². The van der Waals surface area contributed by atoms with E-state index in [-0.39, 0.29) is 0 Å². The van der Waals surface area contributed by atoms with Crippen molar-refractivity contribution in [3.8, 4) is 78.7 Å². The van der Waals surface area contributed by atoms with E-state index in [1.807, 2.05) is 36.4 Å². The number of fused-ring (bicyclic) bond motifs is 3. The molecule has 258 valence electrons. The van der Waals surface area contributed by atoms with Crippen LogP contribution in [0.3, 0.4) is 0 Å². The van der Waals surface area contributed by atoms with Crippen LogP contribution in [-0.2, 0) is 0 Å². The molecular weight excluding hydrogens is 671 g/mol. The molecule has 0 saturated carbocycles. The first-order valence-corrected chi connectivity index (χ1v) is 18.4. The van der Waals surface area contributed by atoms with E-state index in [4.69, 9.17) is 19.4 Å². The van der Waals surface area contributed by atoms with Crippen molar-refractivity contribution >= 4 is 21.9 Å². The average Bonchev–Trinajstić information content (AvgIpc) is 3.67. The molecule has 0 bridgehead atoms. The number of furan rings is 1. The summed E-state index contributed by atoms with van der Waals surface area (Å²) in [6.45, 7) is 0. The van der Waals surface area contributed by atoms with Crippen LogP contribution in [0.2, 0.25) is 0 Å². The molecule has 10 rings (SSSR count). The Morgan fingerprint density at radius 3 is 1.31 bits per heavy atom. The van der Waals surface area contributed by atoms with Crippen LogP contribution in [0, 0.1) is 0 Å². The highest BCUT2D eigenvalue weighted by Gasteiger charge is 2.21. The number of hydrogen-bond donors (Lipinski definition) is 0. The van der Waals surface area contributed by atoms with Crippen molar-refractivity contribution in [1.29, 1.82) is 0 Å². The predicted octanol–water partition coefficient (Wildman–Crippen LogP) is 13.4. The summed E-state index contributed by atoms with van der Waals surface area (Å²) in [4.78, 5) is 15.1. The second kappa shape index (κ2) is 13.8. The van der Waals surface area contributed by atoms with Crippen LogP contribution in [0.25, 0.3) is 101 Å². The van der Waals surface area contributed by atoms with Gasteiger partial charge in [-0.2, -0.15) is 0 Å². The zero-order valence-electron chi connectivity index (χ0n) is 29.8. The van der Waals surface area contributed by atoms with Gasteiger partial charge in [-0.25, -0.2) is 15.0 Å². The van der Waals surface area contributed by atoms with Crippen molar-refractivity contribution in [3.63, 3.8) is 0 Å².